The first-order valence-electron chi connectivity index (χ1n) is 13.5. The fraction of sp³-hybridized carbons (Fsp3) is 0.375. The summed E-state index contributed by atoms with van der Waals surface area (Å²) in [6, 6.07) is 23.1. The van der Waals surface area contributed by atoms with Gasteiger partial charge in [-0.2, -0.15) is 0 Å². The molecule has 3 aromatic rings. The minimum absolute atomic E-state index is 0.102. The van der Waals surface area contributed by atoms with Crippen molar-refractivity contribution in [3.05, 3.63) is 99.5 Å². The Labute approximate surface area is 234 Å². The molecule has 200 valence electrons. The lowest BCUT2D eigenvalue weighted by Crippen LogP contribution is -2.53. The van der Waals surface area contributed by atoms with Gasteiger partial charge in [-0.1, -0.05) is 83.7 Å². The number of halogens is 1. The van der Waals surface area contributed by atoms with E-state index < -0.39 is 6.04 Å². The molecule has 2 amide bonds. The van der Waals surface area contributed by atoms with Crippen LogP contribution in [0, 0.1) is 13.8 Å². The Kier molecular flexibility index (Phi) is 9.99. The number of carbonyl (C=O) groups excluding carboxylic acids is 2. The highest BCUT2D eigenvalue weighted by atomic mass is 79.9. The number of nitrogens with zero attached hydrogens (tertiary/aromatic N) is 1. The summed E-state index contributed by atoms with van der Waals surface area (Å²) < 4.78 is 6.87. The van der Waals surface area contributed by atoms with Crippen LogP contribution in [0.5, 0.6) is 5.75 Å². The first-order valence-corrected chi connectivity index (χ1v) is 14.3. The fourth-order valence-corrected chi connectivity index (χ4v) is 5.41. The molecule has 1 aliphatic carbocycles. The number of amides is 2. The third-order valence-corrected chi connectivity index (χ3v) is 7.80. The van der Waals surface area contributed by atoms with Crippen LogP contribution < -0.4 is 10.1 Å². The van der Waals surface area contributed by atoms with E-state index in [1.54, 1.807) is 4.90 Å². The smallest absolute Gasteiger partial charge is 0.261 e. The molecule has 0 spiro atoms. The first-order chi connectivity index (χ1) is 18.4. The van der Waals surface area contributed by atoms with Crippen molar-refractivity contribution >= 4 is 27.7 Å². The number of benzene rings is 3. The zero-order valence-corrected chi connectivity index (χ0v) is 23.9. The molecule has 4 rings (SSSR count). The summed E-state index contributed by atoms with van der Waals surface area (Å²) in [6.45, 7) is 4.24. The van der Waals surface area contributed by atoms with Gasteiger partial charge in [-0.25, -0.2) is 0 Å². The Morgan fingerprint density at radius 1 is 0.921 bits per heavy atom. The van der Waals surface area contributed by atoms with E-state index in [-0.39, 0.29) is 24.5 Å². The molecule has 6 heteroatoms. The Bertz CT molecular complexity index is 1220. The molecule has 1 fully saturated rings. The maximum absolute atomic E-state index is 13.8. The Morgan fingerprint density at radius 3 is 2.37 bits per heavy atom. The summed E-state index contributed by atoms with van der Waals surface area (Å²) in [5, 5.41) is 3.28. The Hall–Kier alpha value is -3.12. The molecule has 5 nitrogen and oxygen atoms in total. The van der Waals surface area contributed by atoms with Gasteiger partial charge >= 0.3 is 0 Å². The normalized spacial score (nSPS) is 14.5. The summed E-state index contributed by atoms with van der Waals surface area (Å²) in [7, 11) is 0. The highest BCUT2D eigenvalue weighted by Crippen LogP contribution is 2.22. The second kappa shape index (κ2) is 13.6. The quantitative estimate of drug-likeness (QED) is 0.298. The van der Waals surface area contributed by atoms with E-state index in [9.17, 15) is 9.59 Å². The molecule has 1 unspecified atom stereocenters. The second-order valence-corrected chi connectivity index (χ2v) is 11.2. The van der Waals surface area contributed by atoms with Crippen LogP contribution >= 0.6 is 15.9 Å². The van der Waals surface area contributed by atoms with Crippen LogP contribution in [-0.4, -0.2) is 35.4 Å². The number of rotatable bonds is 10. The summed E-state index contributed by atoms with van der Waals surface area (Å²) >= 11 is 3.54. The molecule has 1 N–H and O–H groups in total. The Morgan fingerprint density at radius 2 is 1.66 bits per heavy atom. The minimum Gasteiger partial charge on any atom is -0.484 e. The number of ether oxygens (including phenoxy) is 1. The third kappa shape index (κ3) is 7.94. The maximum Gasteiger partial charge on any atom is 0.261 e. The summed E-state index contributed by atoms with van der Waals surface area (Å²) in [4.78, 5) is 29.3. The Balaban J connectivity index is 1.61. The van der Waals surface area contributed by atoms with E-state index in [1.165, 1.54) is 12.0 Å². The van der Waals surface area contributed by atoms with Crippen molar-refractivity contribution < 1.29 is 14.3 Å². The predicted molar refractivity (Wildman–Crippen MR) is 155 cm³/mol. The molecule has 3 aromatic carbocycles. The third-order valence-electron chi connectivity index (χ3n) is 7.31. The van der Waals surface area contributed by atoms with Gasteiger partial charge in [0.2, 0.25) is 5.91 Å². The van der Waals surface area contributed by atoms with Crippen molar-refractivity contribution in [2.24, 2.45) is 0 Å². The predicted octanol–water partition coefficient (Wildman–Crippen LogP) is 6.53. The molecule has 1 saturated carbocycles. The van der Waals surface area contributed by atoms with E-state index in [0.29, 0.717) is 18.7 Å². The van der Waals surface area contributed by atoms with Gasteiger partial charge in [-0.15, -0.1) is 0 Å². The number of aryl methyl sites for hydroxylation is 2. The van der Waals surface area contributed by atoms with Crippen molar-refractivity contribution in [1.82, 2.24) is 10.2 Å². The first kappa shape index (κ1) is 27.9. The molecule has 0 saturated heterocycles. The lowest BCUT2D eigenvalue weighted by atomic mass is 9.94. The van der Waals surface area contributed by atoms with Crippen molar-refractivity contribution in [1.29, 1.82) is 0 Å². The van der Waals surface area contributed by atoms with E-state index in [2.05, 4.69) is 21.2 Å². The average Bonchev–Trinajstić information content (AvgIpc) is 2.92. The number of hydrogen-bond donors (Lipinski definition) is 1. The molecule has 0 aromatic heterocycles. The molecule has 38 heavy (non-hydrogen) atoms. The molecule has 1 aliphatic rings. The summed E-state index contributed by atoms with van der Waals surface area (Å²) in [5.74, 6) is 0.327. The standard InChI is InChI=1S/C32H37BrN2O3/c1-23-16-17-29(18-24(23)2)38-22-31(36)35(21-26-12-9-13-27(33)19-26)30(20-25-10-5-3-6-11-25)32(37)34-28-14-7-4-8-15-28/h3,5-6,9-13,16-19,28,30H,4,7-8,14-15,20-22H2,1-2H3,(H,34,37). The molecule has 0 aliphatic heterocycles. The SMILES string of the molecule is Cc1ccc(OCC(=O)N(Cc2cccc(Br)c2)C(Cc2ccccc2)C(=O)NC2CCCCC2)cc1C. The van der Waals surface area contributed by atoms with Crippen LogP contribution in [-0.2, 0) is 22.6 Å². The van der Waals surface area contributed by atoms with Crippen molar-refractivity contribution in [2.45, 2.75) is 71.0 Å². The zero-order chi connectivity index (χ0) is 26.9. The van der Waals surface area contributed by atoms with Crippen LogP contribution in [0.4, 0.5) is 0 Å². The van der Waals surface area contributed by atoms with Gasteiger partial charge in [0.1, 0.15) is 11.8 Å². The monoisotopic (exact) mass is 576 g/mol. The van der Waals surface area contributed by atoms with Crippen LogP contribution in [0.3, 0.4) is 0 Å². The van der Waals surface area contributed by atoms with Crippen LogP contribution in [0.25, 0.3) is 0 Å². The molecular formula is C32H37BrN2O3. The second-order valence-electron chi connectivity index (χ2n) is 10.2. The number of carbonyl (C=O) groups is 2. The van der Waals surface area contributed by atoms with Gasteiger partial charge in [0, 0.05) is 23.5 Å². The summed E-state index contributed by atoms with van der Waals surface area (Å²) in [6.07, 6.45) is 5.86. The fourth-order valence-electron chi connectivity index (χ4n) is 4.96. The largest absolute Gasteiger partial charge is 0.484 e. The lowest BCUT2D eigenvalue weighted by molar-refractivity contribution is -0.143. The summed E-state index contributed by atoms with van der Waals surface area (Å²) in [5.41, 5.74) is 4.23. The van der Waals surface area contributed by atoms with Crippen LogP contribution in [0.1, 0.15) is 54.4 Å². The molecule has 1 atom stereocenters. The van der Waals surface area contributed by atoms with Crippen molar-refractivity contribution in [3.8, 4) is 5.75 Å². The topological polar surface area (TPSA) is 58.6 Å². The zero-order valence-electron chi connectivity index (χ0n) is 22.3. The van der Waals surface area contributed by atoms with Gasteiger partial charge < -0.3 is 15.0 Å². The van der Waals surface area contributed by atoms with Gasteiger partial charge in [-0.05, 0) is 73.2 Å². The molecule has 0 radical (unpaired) electrons. The lowest BCUT2D eigenvalue weighted by Gasteiger charge is -2.33. The van der Waals surface area contributed by atoms with Gasteiger partial charge in [-0.3, -0.25) is 9.59 Å². The highest BCUT2D eigenvalue weighted by Gasteiger charge is 2.32. The van der Waals surface area contributed by atoms with E-state index in [0.717, 1.165) is 46.8 Å². The van der Waals surface area contributed by atoms with Gasteiger partial charge in [0.15, 0.2) is 6.61 Å². The van der Waals surface area contributed by atoms with Crippen molar-refractivity contribution in [3.63, 3.8) is 0 Å². The molecular weight excluding hydrogens is 540 g/mol. The van der Waals surface area contributed by atoms with Gasteiger partial charge in [0.05, 0.1) is 0 Å². The molecule has 0 heterocycles. The van der Waals surface area contributed by atoms with E-state index in [1.807, 2.05) is 86.6 Å². The maximum atomic E-state index is 13.8. The molecule has 0 bridgehead atoms. The van der Waals surface area contributed by atoms with Gasteiger partial charge in [0.25, 0.3) is 5.91 Å². The number of nitrogens with one attached hydrogen (secondary N) is 1. The van der Waals surface area contributed by atoms with E-state index in [4.69, 9.17) is 4.74 Å². The minimum atomic E-state index is -0.658. The van der Waals surface area contributed by atoms with Crippen LogP contribution in [0.2, 0.25) is 0 Å². The highest BCUT2D eigenvalue weighted by molar-refractivity contribution is 9.10. The van der Waals surface area contributed by atoms with Crippen molar-refractivity contribution in [2.75, 3.05) is 6.61 Å². The van der Waals surface area contributed by atoms with E-state index >= 15 is 0 Å². The average molecular weight is 578 g/mol. The number of hydrogen-bond acceptors (Lipinski definition) is 3. The van der Waals surface area contributed by atoms with Crippen LogP contribution in [0.15, 0.2) is 77.3 Å².